The lowest BCUT2D eigenvalue weighted by Gasteiger charge is -2.09. The van der Waals surface area contributed by atoms with Crippen LogP contribution in [0.3, 0.4) is 0 Å². The molecule has 3 rings (SSSR count). The summed E-state index contributed by atoms with van der Waals surface area (Å²) in [6, 6.07) is 9.97. The summed E-state index contributed by atoms with van der Waals surface area (Å²) in [4.78, 5) is 12.4. The van der Waals surface area contributed by atoms with Gasteiger partial charge in [0, 0.05) is 5.39 Å². The number of aryl methyl sites for hydroxylation is 1. The van der Waals surface area contributed by atoms with Gasteiger partial charge in [-0.25, -0.2) is 4.39 Å². The smallest absolute Gasteiger partial charge is 0.259 e. The van der Waals surface area contributed by atoms with Crippen LogP contribution in [0.25, 0.3) is 11.0 Å². The van der Waals surface area contributed by atoms with Crippen molar-refractivity contribution in [1.82, 2.24) is 0 Å². The van der Waals surface area contributed by atoms with E-state index in [9.17, 15) is 9.18 Å². The quantitative estimate of drug-likeness (QED) is 0.735. The van der Waals surface area contributed by atoms with E-state index in [1.165, 1.54) is 18.4 Å². The Labute approximate surface area is 131 Å². The number of fused-ring (bicyclic) bond motifs is 1. The van der Waals surface area contributed by atoms with Crippen LogP contribution in [0, 0.1) is 5.82 Å². The molecular formula is C17H13ClFNO2. The minimum absolute atomic E-state index is 0.242. The van der Waals surface area contributed by atoms with Crippen molar-refractivity contribution in [2.75, 3.05) is 5.32 Å². The molecule has 5 heteroatoms. The van der Waals surface area contributed by atoms with Crippen molar-refractivity contribution < 1.29 is 13.6 Å². The Morgan fingerprint density at radius 3 is 2.86 bits per heavy atom. The second kappa shape index (κ2) is 5.81. The minimum atomic E-state index is -0.393. The van der Waals surface area contributed by atoms with Crippen LogP contribution in [0.4, 0.5) is 10.1 Å². The van der Waals surface area contributed by atoms with Gasteiger partial charge < -0.3 is 9.73 Å². The van der Waals surface area contributed by atoms with Crippen molar-refractivity contribution in [3.05, 3.63) is 64.6 Å². The molecule has 1 N–H and O–H groups in total. The summed E-state index contributed by atoms with van der Waals surface area (Å²) in [6.45, 7) is 1.84. The van der Waals surface area contributed by atoms with Gasteiger partial charge in [0.25, 0.3) is 5.91 Å². The maximum atomic E-state index is 13.8. The molecule has 0 fully saturated rings. The largest absolute Gasteiger partial charge is 0.463 e. The lowest BCUT2D eigenvalue weighted by molar-refractivity contribution is 0.102. The molecule has 22 heavy (non-hydrogen) atoms. The van der Waals surface area contributed by atoms with E-state index < -0.39 is 5.91 Å². The van der Waals surface area contributed by atoms with Gasteiger partial charge in [0.05, 0.1) is 16.3 Å². The molecule has 1 aromatic heterocycles. The zero-order valence-electron chi connectivity index (χ0n) is 11.8. The van der Waals surface area contributed by atoms with Gasteiger partial charge in [-0.15, -0.1) is 0 Å². The van der Waals surface area contributed by atoms with E-state index in [-0.39, 0.29) is 11.5 Å². The Kier molecular flexibility index (Phi) is 3.86. The summed E-state index contributed by atoms with van der Waals surface area (Å²) >= 11 is 6.10. The Bertz CT molecular complexity index is 857. The summed E-state index contributed by atoms with van der Waals surface area (Å²) in [5.41, 5.74) is 1.75. The molecule has 0 saturated carbocycles. The molecule has 1 amide bonds. The van der Waals surface area contributed by atoms with Crippen LogP contribution >= 0.6 is 11.6 Å². The third-order valence-electron chi connectivity index (χ3n) is 3.49. The highest BCUT2D eigenvalue weighted by atomic mass is 35.5. The molecule has 3 aromatic rings. The molecule has 0 aliphatic carbocycles. The van der Waals surface area contributed by atoms with Gasteiger partial charge in [-0.3, -0.25) is 4.79 Å². The number of rotatable bonds is 3. The molecule has 1 heterocycles. The van der Waals surface area contributed by atoms with Crippen molar-refractivity contribution >= 4 is 34.2 Å². The standard InChI is InChI=1S/C17H13ClFNO2/c1-2-10-7-13(18)15(8-14(10)19)20-17(21)12-9-22-16-6-4-3-5-11(12)16/h3-9H,2H2,1H3,(H,20,21). The van der Waals surface area contributed by atoms with Crippen LogP contribution in [-0.4, -0.2) is 5.91 Å². The molecule has 0 saturated heterocycles. The van der Waals surface area contributed by atoms with E-state index >= 15 is 0 Å². The molecule has 0 spiro atoms. The molecule has 0 atom stereocenters. The zero-order chi connectivity index (χ0) is 15.7. The van der Waals surface area contributed by atoms with E-state index in [4.69, 9.17) is 16.0 Å². The molecule has 0 bridgehead atoms. The number of hydrogen-bond acceptors (Lipinski definition) is 2. The van der Waals surface area contributed by atoms with Crippen LogP contribution in [0.5, 0.6) is 0 Å². The Morgan fingerprint density at radius 2 is 2.09 bits per heavy atom. The number of anilines is 1. The normalized spacial score (nSPS) is 10.9. The highest BCUT2D eigenvalue weighted by molar-refractivity contribution is 6.34. The lowest BCUT2D eigenvalue weighted by Crippen LogP contribution is -2.12. The first kappa shape index (κ1) is 14.6. The number of halogens is 2. The van der Waals surface area contributed by atoms with Crippen LogP contribution < -0.4 is 5.32 Å². The maximum Gasteiger partial charge on any atom is 0.259 e. The number of carbonyl (C=O) groups is 1. The van der Waals surface area contributed by atoms with Gasteiger partial charge >= 0.3 is 0 Å². The molecule has 3 nitrogen and oxygen atoms in total. The number of carbonyl (C=O) groups excluding carboxylic acids is 1. The molecular weight excluding hydrogens is 305 g/mol. The highest BCUT2D eigenvalue weighted by Gasteiger charge is 2.16. The van der Waals surface area contributed by atoms with E-state index in [2.05, 4.69) is 5.32 Å². The van der Waals surface area contributed by atoms with Crippen molar-refractivity contribution in [3.63, 3.8) is 0 Å². The minimum Gasteiger partial charge on any atom is -0.463 e. The summed E-state index contributed by atoms with van der Waals surface area (Å²) in [5.74, 6) is -0.783. The van der Waals surface area contributed by atoms with E-state index in [1.807, 2.05) is 19.1 Å². The van der Waals surface area contributed by atoms with Crippen LogP contribution in [0.2, 0.25) is 5.02 Å². The average Bonchev–Trinajstić information content (AvgIpc) is 2.94. The number of benzene rings is 2. The van der Waals surface area contributed by atoms with Gasteiger partial charge in [0.2, 0.25) is 0 Å². The van der Waals surface area contributed by atoms with Gasteiger partial charge in [-0.05, 0) is 30.2 Å². The number of amides is 1. The number of furan rings is 1. The van der Waals surface area contributed by atoms with Crippen LogP contribution in [0.15, 0.2) is 47.1 Å². The monoisotopic (exact) mass is 317 g/mol. The van der Waals surface area contributed by atoms with Crippen LogP contribution in [-0.2, 0) is 6.42 Å². The number of hydrogen-bond donors (Lipinski definition) is 1. The Hall–Kier alpha value is -2.33. The van der Waals surface area contributed by atoms with Crippen molar-refractivity contribution in [2.45, 2.75) is 13.3 Å². The first-order chi connectivity index (χ1) is 10.6. The SMILES string of the molecule is CCc1cc(Cl)c(NC(=O)c2coc3ccccc23)cc1F. The highest BCUT2D eigenvalue weighted by Crippen LogP contribution is 2.28. The molecule has 0 aliphatic rings. The first-order valence-corrected chi connectivity index (χ1v) is 7.23. The predicted molar refractivity (Wildman–Crippen MR) is 85.0 cm³/mol. The number of nitrogens with one attached hydrogen (secondary N) is 1. The molecule has 2 aromatic carbocycles. The molecule has 112 valence electrons. The Morgan fingerprint density at radius 1 is 1.32 bits per heavy atom. The summed E-state index contributed by atoms with van der Waals surface area (Å²) in [7, 11) is 0. The molecule has 0 radical (unpaired) electrons. The first-order valence-electron chi connectivity index (χ1n) is 6.85. The summed E-state index contributed by atoms with van der Waals surface area (Å²) in [5, 5.41) is 3.63. The van der Waals surface area contributed by atoms with Gasteiger partial charge in [-0.2, -0.15) is 0 Å². The fraction of sp³-hybridized carbons (Fsp3) is 0.118. The van der Waals surface area contributed by atoms with Gasteiger partial charge in [-0.1, -0.05) is 36.7 Å². The third kappa shape index (κ3) is 2.57. The van der Waals surface area contributed by atoms with Crippen molar-refractivity contribution in [3.8, 4) is 0 Å². The molecule has 0 aliphatic heterocycles. The van der Waals surface area contributed by atoms with E-state index in [1.54, 1.807) is 12.1 Å². The maximum absolute atomic E-state index is 13.8. The fourth-order valence-corrected chi connectivity index (χ4v) is 2.53. The molecule has 0 unspecified atom stereocenters. The van der Waals surface area contributed by atoms with Crippen molar-refractivity contribution in [2.24, 2.45) is 0 Å². The van der Waals surface area contributed by atoms with Crippen molar-refractivity contribution in [1.29, 1.82) is 0 Å². The summed E-state index contributed by atoms with van der Waals surface area (Å²) in [6.07, 6.45) is 1.91. The van der Waals surface area contributed by atoms with Gasteiger partial charge in [0.1, 0.15) is 17.7 Å². The fourth-order valence-electron chi connectivity index (χ4n) is 2.30. The lowest BCUT2D eigenvalue weighted by atomic mass is 10.1. The van der Waals surface area contributed by atoms with E-state index in [0.29, 0.717) is 33.5 Å². The predicted octanol–water partition coefficient (Wildman–Crippen LogP) is 5.04. The third-order valence-corrected chi connectivity index (χ3v) is 3.80. The zero-order valence-corrected chi connectivity index (χ0v) is 12.6. The van der Waals surface area contributed by atoms with Gasteiger partial charge in [0.15, 0.2) is 0 Å². The van der Waals surface area contributed by atoms with Crippen LogP contribution in [0.1, 0.15) is 22.8 Å². The second-order valence-electron chi connectivity index (χ2n) is 4.88. The van der Waals surface area contributed by atoms with E-state index in [0.717, 1.165) is 0 Å². The Balaban J connectivity index is 1.93. The summed E-state index contributed by atoms with van der Waals surface area (Å²) < 4.78 is 19.2. The topological polar surface area (TPSA) is 42.2 Å². The number of para-hydroxylation sites is 1. The average molecular weight is 318 g/mol. The second-order valence-corrected chi connectivity index (χ2v) is 5.28.